The zero-order chi connectivity index (χ0) is 39.8. The highest BCUT2D eigenvalue weighted by atomic mass is 35.5. The minimum absolute atomic E-state index is 0.0299. The highest BCUT2D eigenvalue weighted by Crippen LogP contribution is 2.44. The lowest BCUT2D eigenvalue weighted by Crippen LogP contribution is -2.58. The van der Waals surface area contributed by atoms with Gasteiger partial charge in [-0.25, -0.2) is 32.1 Å². The first-order valence-corrected chi connectivity index (χ1v) is 19.2. The van der Waals surface area contributed by atoms with Crippen LogP contribution in [0.25, 0.3) is 32.2 Å². The van der Waals surface area contributed by atoms with E-state index in [-0.39, 0.29) is 67.0 Å². The molecule has 55 heavy (non-hydrogen) atoms. The molecule has 0 spiro atoms. The maximum atomic E-state index is 17.1. The summed E-state index contributed by atoms with van der Waals surface area (Å²) in [6, 6.07) is 3.43. The number of hydrogen-bond acceptors (Lipinski definition) is 11. The number of ether oxygens (including phenoxy) is 3. The Labute approximate surface area is 324 Å². The van der Waals surface area contributed by atoms with E-state index in [4.69, 9.17) is 30.8 Å². The fourth-order valence-corrected chi connectivity index (χ4v) is 8.51. The lowest BCUT2D eigenvalue weighted by atomic mass is 10.0. The largest absolute Gasteiger partial charge is 0.459 e. The molecule has 2 aromatic carbocycles. The second-order valence-corrected chi connectivity index (χ2v) is 17.7. The fourth-order valence-electron chi connectivity index (χ4n) is 7.33. The molecule has 3 aliphatic heterocycles. The number of carbonyl (C=O) groups is 2. The third kappa shape index (κ3) is 8.19. The van der Waals surface area contributed by atoms with Crippen LogP contribution in [0.15, 0.2) is 18.2 Å². The van der Waals surface area contributed by atoms with Crippen LogP contribution in [0.1, 0.15) is 61.3 Å². The Morgan fingerprint density at radius 2 is 1.65 bits per heavy atom. The number of benzene rings is 2. The van der Waals surface area contributed by atoms with E-state index in [0.29, 0.717) is 18.9 Å². The van der Waals surface area contributed by atoms with Gasteiger partial charge >= 0.3 is 18.2 Å². The Bertz CT molecular complexity index is 2160. The summed E-state index contributed by atoms with van der Waals surface area (Å²) in [5, 5.41) is 2.78. The fraction of sp³-hybridized carbons (Fsp3) is 0.541. The van der Waals surface area contributed by atoms with Crippen LogP contribution in [-0.4, -0.2) is 105 Å². The van der Waals surface area contributed by atoms with Crippen molar-refractivity contribution in [2.75, 3.05) is 42.9 Å². The zero-order valence-corrected chi connectivity index (χ0v) is 33.0. The molecular weight excluding hydrogens is 766 g/mol. The predicted molar refractivity (Wildman–Crippen MR) is 202 cm³/mol. The summed E-state index contributed by atoms with van der Waals surface area (Å²) < 4.78 is 76.6. The minimum Gasteiger partial charge on any atom is -0.459 e. The number of alkyl halides is 2. The molecule has 2 bridgehead atoms. The first kappa shape index (κ1) is 39.0. The summed E-state index contributed by atoms with van der Waals surface area (Å²) in [6.45, 7) is 12.3. The number of carbonyl (C=O) groups excluding carboxylic acids is 2. The van der Waals surface area contributed by atoms with Crippen molar-refractivity contribution in [1.82, 2.24) is 24.8 Å². The molecule has 0 aliphatic carbocycles. The average Bonchev–Trinajstić information content (AvgIpc) is 3.57. The normalized spacial score (nSPS) is 20.4. The van der Waals surface area contributed by atoms with E-state index in [0.717, 1.165) is 30.2 Å². The van der Waals surface area contributed by atoms with Gasteiger partial charge in [0.25, 0.3) is 5.92 Å². The lowest BCUT2D eigenvalue weighted by molar-refractivity contribution is -0.136. The van der Waals surface area contributed by atoms with Gasteiger partial charge in [-0.3, -0.25) is 15.1 Å². The van der Waals surface area contributed by atoms with Gasteiger partial charge < -0.3 is 19.1 Å². The summed E-state index contributed by atoms with van der Waals surface area (Å²) in [6.07, 6.45) is -0.389. The maximum Gasteiger partial charge on any atom is 0.413 e. The second kappa shape index (κ2) is 14.1. The monoisotopic (exact) mass is 807 g/mol. The summed E-state index contributed by atoms with van der Waals surface area (Å²) in [4.78, 5) is 44.6. The average molecular weight is 808 g/mol. The maximum absolute atomic E-state index is 17.1. The Kier molecular flexibility index (Phi) is 9.98. The van der Waals surface area contributed by atoms with Crippen molar-refractivity contribution >= 4 is 67.2 Å². The molecule has 3 saturated heterocycles. The first-order chi connectivity index (χ1) is 25.6. The van der Waals surface area contributed by atoms with Gasteiger partial charge in [-0.05, 0) is 79.5 Å². The molecule has 0 radical (unpaired) electrons. The molecule has 1 N–H and O–H groups in total. The summed E-state index contributed by atoms with van der Waals surface area (Å²) in [5.74, 6) is -3.94. The van der Waals surface area contributed by atoms with Crippen LogP contribution < -0.4 is 15.0 Å². The minimum atomic E-state index is -2.76. The van der Waals surface area contributed by atoms with Crippen molar-refractivity contribution in [3.8, 4) is 17.1 Å². The van der Waals surface area contributed by atoms with Gasteiger partial charge in [0.1, 0.15) is 34.5 Å². The van der Waals surface area contributed by atoms with Crippen molar-refractivity contribution in [3.63, 3.8) is 0 Å². The topological polar surface area (TPSA) is 122 Å². The lowest BCUT2D eigenvalue weighted by Gasteiger charge is -2.42. The highest BCUT2D eigenvalue weighted by Gasteiger charge is 2.46. The van der Waals surface area contributed by atoms with Gasteiger partial charge in [0.15, 0.2) is 10.9 Å². The van der Waals surface area contributed by atoms with Crippen LogP contribution >= 0.6 is 22.9 Å². The van der Waals surface area contributed by atoms with E-state index in [1.807, 2.05) is 25.7 Å². The number of amides is 2. The van der Waals surface area contributed by atoms with E-state index in [1.54, 1.807) is 32.6 Å². The van der Waals surface area contributed by atoms with Gasteiger partial charge in [0.2, 0.25) is 0 Å². The number of halogens is 5. The highest BCUT2D eigenvalue weighted by molar-refractivity contribution is 7.22. The molecule has 4 aromatic rings. The van der Waals surface area contributed by atoms with Crippen LogP contribution in [0.5, 0.6) is 6.01 Å². The molecular formula is C37H42ClF4N7O5S. The Morgan fingerprint density at radius 1 is 1.00 bits per heavy atom. The number of nitrogens with one attached hydrogen (secondary N) is 1. The van der Waals surface area contributed by atoms with E-state index in [2.05, 4.69) is 15.3 Å². The second-order valence-electron chi connectivity index (χ2n) is 16.3. The molecule has 18 heteroatoms. The molecule has 3 fully saturated rings. The number of nitrogens with zero attached hydrogens (tertiary/aromatic N) is 6. The Hall–Kier alpha value is -4.22. The third-order valence-corrected chi connectivity index (χ3v) is 10.6. The molecule has 296 valence electrons. The van der Waals surface area contributed by atoms with Crippen LogP contribution in [0, 0.1) is 11.6 Å². The van der Waals surface area contributed by atoms with Crippen LogP contribution in [0.3, 0.4) is 0 Å². The van der Waals surface area contributed by atoms with Crippen molar-refractivity contribution in [3.05, 3.63) is 34.9 Å². The number of aromatic nitrogens is 3. The molecule has 0 saturated carbocycles. The third-order valence-electron chi connectivity index (χ3n) is 9.33. The van der Waals surface area contributed by atoms with Crippen molar-refractivity contribution in [2.24, 2.45) is 0 Å². The molecule has 2 unspecified atom stereocenters. The standard InChI is InChI=1S/C37H42ClF4N7O5S/c1-18(13-47-16-37(41,42)17-47)52-31-43-27-22(30(45-31)48-14-19-8-9-20(15-48)49(19)34(51)54-36(5,6)7)12-23(38)25(26(27)40)21-10-11-24(39)29-28(21)44-32(55-29)46-33(50)53-35(2,3)4/h10-12,18-20H,8-9,13-17H2,1-7H3,(H,44,46,50)/t18-,19?,20?/m0/s1. The van der Waals surface area contributed by atoms with Gasteiger partial charge in [0, 0.05) is 36.1 Å². The van der Waals surface area contributed by atoms with E-state index >= 15 is 8.78 Å². The molecule has 12 nitrogen and oxygen atoms in total. The van der Waals surface area contributed by atoms with Gasteiger partial charge in [-0.15, -0.1) is 0 Å². The zero-order valence-electron chi connectivity index (χ0n) is 31.4. The first-order valence-electron chi connectivity index (χ1n) is 18.0. The number of anilines is 2. The Morgan fingerprint density at radius 3 is 2.27 bits per heavy atom. The molecule has 2 aromatic heterocycles. The number of hydrogen-bond donors (Lipinski definition) is 1. The van der Waals surface area contributed by atoms with E-state index < -0.39 is 60.1 Å². The quantitative estimate of drug-likeness (QED) is 0.182. The van der Waals surface area contributed by atoms with Gasteiger partial charge in [0.05, 0.1) is 40.4 Å². The van der Waals surface area contributed by atoms with Crippen molar-refractivity contribution in [2.45, 2.75) is 96.6 Å². The summed E-state index contributed by atoms with van der Waals surface area (Å²) in [7, 11) is 0. The molecule has 2 amide bonds. The Balaban J connectivity index is 1.28. The van der Waals surface area contributed by atoms with Crippen molar-refractivity contribution in [1.29, 1.82) is 0 Å². The van der Waals surface area contributed by atoms with E-state index in [1.165, 1.54) is 17.0 Å². The molecule has 7 rings (SSSR count). The molecule has 5 heterocycles. The number of likely N-dealkylation sites (tertiary alicyclic amines) is 1. The van der Waals surface area contributed by atoms with Crippen molar-refractivity contribution < 1.29 is 41.4 Å². The number of rotatable bonds is 7. The smallest absolute Gasteiger partial charge is 0.413 e. The summed E-state index contributed by atoms with van der Waals surface area (Å²) >= 11 is 7.74. The SMILES string of the molecule is C[C@@H](CN1CC(F)(F)C1)Oc1nc(N2CC3CCC(C2)N3C(=O)OC(C)(C)C)c2cc(Cl)c(-c3ccc(F)c4sc(NC(=O)OC(C)(C)C)nc34)c(F)c2n1. The van der Waals surface area contributed by atoms with Gasteiger partial charge in [-0.2, -0.15) is 9.97 Å². The van der Waals surface area contributed by atoms with Crippen LogP contribution in [-0.2, 0) is 9.47 Å². The molecule has 3 aliphatic rings. The predicted octanol–water partition coefficient (Wildman–Crippen LogP) is 8.49. The van der Waals surface area contributed by atoms with E-state index in [9.17, 15) is 18.4 Å². The summed E-state index contributed by atoms with van der Waals surface area (Å²) in [5.41, 5.74) is -1.54. The number of fused-ring (bicyclic) bond motifs is 4. The molecule has 3 atom stereocenters. The van der Waals surface area contributed by atoms with Crippen LogP contribution in [0.2, 0.25) is 5.02 Å². The van der Waals surface area contributed by atoms with Crippen LogP contribution in [0.4, 0.5) is 38.1 Å². The van der Waals surface area contributed by atoms with Gasteiger partial charge in [-0.1, -0.05) is 22.9 Å². The number of thiazole rings is 1. The number of piperazine rings is 1.